The fourth-order valence-corrected chi connectivity index (χ4v) is 6.61. The summed E-state index contributed by atoms with van der Waals surface area (Å²) in [5.41, 5.74) is 1.41. The number of aliphatic carboxylic acids is 1. The molecule has 0 unspecified atom stereocenters. The number of carboxylic acids is 1. The Morgan fingerprint density at radius 2 is 1.81 bits per heavy atom. The SMILES string of the molecule is COc1ccc2c(c1)CCN(C(=O)[C@H]1C[C@@H]1CC(=O)O)[C@H]2C(=O)Nc1cc(F)c([Si](C)(C)C)c(F)c1. The Kier molecular flexibility index (Phi) is 6.92. The van der Waals surface area contributed by atoms with Crippen molar-refractivity contribution in [2.24, 2.45) is 11.8 Å². The van der Waals surface area contributed by atoms with Gasteiger partial charge >= 0.3 is 5.97 Å². The molecule has 0 saturated heterocycles. The predicted molar refractivity (Wildman–Crippen MR) is 133 cm³/mol. The third kappa shape index (κ3) is 5.13. The van der Waals surface area contributed by atoms with E-state index in [1.54, 1.807) is 12.1 Å². The number of carbonyl (C=O) groups excluding carboxylic acids is 2. The molecule has 2 N–H and O–H groups in total. The van der Waals surface area contributed by atoms with Gasteiger partial charge in [-0.25, -0.2) is 8.78 Å². The molecule has 0 spiro atoms. The van der Waals surface area contributed by atoms with Crippen molar-refractivity contribution in [1.29, 1.82) is 0 Å². The largest absolute Gasteiger partial charge is 0.497 e. The maximum atomic E-state index is 14.8. The monoisotopic (exact) mass is 516 g/mol. The number of hydrogen-bond donors (Lipinski definition) is 2. The summed E-state index contributed by atoms with van der Waals surface area (Å²) in [6.07, 6.45) is 0.851. The van der Waals surface area contributed by atoms with Crippen LogP contribution in [0.2, 0.25) is 19.6 Å². The minimum Gasteiger partial charge on any atom is -0.497 e. The highest BCUT2D eigenvalue weighted by Gasteiger charge is 2.49. The molecule has 1 aliphatic heterocycles. The van der Waals surface area contributed by atoms with E-state index >= 15 is 0 Å². The van der Waals surface area contributed by atoms with Crippen molar-refractivity contribution >= 4 is 36.7 Å². The fourth-order valence-electron chi connectivity index (χ4n) is 5.04. The smallest absolute Gasteiger partial charge is 0.303 e. The number of carboxylic acid groups (broad SMARTS) is 1. The first-order valence-electron chi connectivity index (χ1n) is 11.9. The first kappa shape index (κ1) is 25.8. The summed E-state index contributed by atoms with van der Waals surface area (Å²) in [5.74, 6) is -3.36. The summed E-state index contributed by atoms with van der Waals surface area (Å²) < 4.78 is 34.9. The Morgan fingerprint density at radius 3 is 2.39 bits per heavy atom. The van der Waals surface area contributed by atoms with E-state index in [9.17, 15) is 23.2 Å². The van der Waals surface area contributed by atoms with E-state index in [0.717, 1.165) is 17.7 Å². The summed E-state index contributed by atoms with van der Waals surface area (Å²) >= 11 is 0. The molecule has 2 aromatic carbocycles. The molecular weight excluding hydrogens is 486 g/mol. The second kappa shape index (κ2) is 9.65. The molecule has 1 heterocycles. The van der Waals surface area contributed by atoms with Crippen LogP contribution in [-0.2, 0) is 20.8 Å². The van der Waals surface area contributed by atoms with Crippen LogP contribution in [0, 0.1) is 23.5 Å². The van der Waals surface area contributed by atoms with Gasteiger partial charge in [0.2, 0.25) is 5.91 Å². The topological polar surface area (TPSA) is 95.9 Å². The first-order chi connectivity index (χ1) is 16.9. The van der Waals surface area contributed by atoms with Crippen LogP contribution in [0.25, 0.3) is 0 Å². The van der Waals surface area contributed by atoms with Crippen molar-refractivity contribution in [3.8, 4) is 5.75 Å². The third-order valence-electron chi connectivity index (χ3n) is 6.85. The number of hydrogen-bond acceptors (Lipinski definition) is 4. The van der Waals surface area contributed by atoms with Crippen LogP contribution in [0.15, 0.2) is 30.3 Å². The van der Waals surface area contributed by atoms with E-state index in [1.807, 2.05) is 25.7 Å². The molecule has 1 aliphatic carbocycles. The number of nitrogens with one attached hydrogen (secondary N) is 1. The number of halogens is 2. The molecule has 1 fully saturated rings. The van der Waals surface area contributed by atoms with Gasteiger partial charge in [-0.3, -0.25) is 14.4 Å². The van der Waals surface area contributed by atoms with Gasteiger partial charge in [-0.05, 0) is 54.2 Å². The molecule has 0 aromatic heterocycles. The van der Waals surface area contributed by atoms with Crippen LogP contribution < -0.4 is 15.2 Å². The predicted octanol–water partition coefficient (Wildman–Crippen LogP) is 3.69. The highest BCUT2D eigenvalue weighted by molar-refractivity contribution is 6.88. The van der Waals surface area contributed by atoms with Crippen molar-refractivity contribution in [2.45, 2.75) is 44.9 Å². The molecule has 2 aliphatic rings. The normalized spacial score (nSPS) is 20.9. The Balaban J connectivity index is 1.65. The zero-order valence-corrected chi connectivity index (χ0v) is 21.7. The molecule has 0 radical (unpaired) electrons. The molecule has 3 atom stereocenters. The number of carbonyl (C=O) groups is 3. The van der Waals surface area contributed by atoms with Gasteiger partial charge in [-0.1, -0.05) is 25.7 Å². The number of ether oxygens (including phenoxy) is 1. The minimum atomic E-state index is -2.29. The third-order valence-corrected chi connectivity index (χ3v) is 8.82. The van der Waals surface area contributed by atoms with Gasteiger partial charge in [-0.15, -0.1) is 0 Å². The number of fused-ring (bicyclic) bond motifs is 1. The lowest BCUT2D eigenvalue weighted by molar-refractivity contribution is -0.141. The quantitative estimate of drug-likeness (QED) is 0.548. The van der Waals surface area contributed by atoms with Gasteiger partial charge in [0, 0.05) is 29.8 Å². The van der Waals surface area contributed by atoms with Crippen LogP contribution in [0.4, 0.5) is 14.5 Å². The lowest BCUT2D eigenvalue weighted by Crippen LogP contribution is -2.46. The second-order valence-electron chi connectivity index (χ2n) is 10.5. The Hall–Kier alpha value is -3.27. The van der Waals surface area contributed by atoms with E-state index in [4.69, 9.17) is 9.84 Å². The van der Waals surface area contributed by atoms with E-state index in [2.05, 4.69) is 5.32 Å². The molecule has 10 heteroatoms. The maximum Gasteiger partial charge on any atom is 0.303 e. The highest BCUT2D eigenvalue weighted by atomic mass is 28.3. The molecule has 2 amide bonds. The van der Waals surface area contributed by atoms with Crippen LogP contribution in [-0.4, -0.2) is 49.5 Å². The van der Waals surface area contributed by atoms with E-state index < -0.39 is 43.5 Å². The van der Waals surface area contributed by atoms with Crippen LogP contribution >= 0.6 is 0 Å². The van der Waals surface area contributed by atoms with Gasteiger partial charge in [-0.2, -0.15) is 0 Å². The average Bonchev–Trinajstić information content (AvgIpc) is 3.54. The molecular formula is C26H30F2N2O5Si. The van der Waals surface area contributed by atoms with Crippen molar-refractivity contribution in [3.05, 3.63) is 53.1 Å². The lowest BCUT2D eigenvalue weighted by Gasteiger charge is -2.37. The fraction of sp³-hybridized carbons (Fsp3) is 0.423. The van der Waals surface area contributed by atoms with Crippen molar-refractivity contribution in [1.82, 2.24) is 4.90 Å². The van der Waals surface area contributed by atoms with Gasteiger partial charge in [0.15, 0.2) is 0 Å². The zero-order chi connectivity index (χ0) is 26.4. The zero-order valence-electron chi connectivity index (χ0n) is 20.7. The number of rotatable bonds is 7. The molecule has 2 aromatic rings. The minimum absolute atomic E-state index is 0.0276. The highest BCUT2D eigenvalue weighted by Crippen LogP contribution is 2.45. The van der Waals surface area contributed by atoms with Crippen molar-refractivity contribution < 1.29 is 33.0 Å². The Labute approximate surface area is 209 Å². The number of nitrogens with zero attached hydrogens (tertiary/aromatic N) is 1. The van der Waals surface area contributed by atoms with Crippen molar-refractivity contribution in [2.75, 3.05) is 19.0 Å². The summed E-state index contributed by atoms with van der Waals surface area (Å²) in [6, 6.07) is 6.42. The summed E-state index contributed by atoms with van der Waals surface area (Å²) in [7, 11) is -0.758. The standard InChI is InChI=1S/C26H30F2N2O5Si/c1-35-17-5-6-18-14(9-17)7-8-30(26(34)19-10-15(19)11-22(31)32)23(18)25(33)29-16-12-20(27)24(21(28)13-16)36(2,3)4/h5-6,9,12-13,15,19,23H,7-8,10-11H2,1-4H3,(H,29,33)(H,31,32)/t15-,19+,23-/m1/s1. The van der Waals surface area contributed by atoms with Gasteiger partial charge in [0.1, 0.15) is 23.4 Å². The number of methoxy groups -OCH3 is 1. The van der Waals surface area contributed by atoms with E-state index in [-0.39, 0.29) is 35.7 Å². The van der Waals surface area contributed by atoms with Crippen LogP contribution in [0.3, 0.4) is 0 Å². The first-order valence-corrected chi connectivity index (χ1v) is 15.4. The van der Waals surface area contributed by atoms with Crippen molar-refractivity contribution in [3.63, 3.8) is 0 Å². The summed E-state index contributed by atoms with van der Waals surface area (Å²) in [4.78, 5) is 39.4. The average molecular weight is 517 g/mol. The Morgan fingerprint density at radius 1 is 1.14 bits per heavy atom. The van der Waals surface area contributed by atoms with Gasteiger partial charge < -0.3 is 20.1 Å². The number of amides is 2. The summed E-state index contributed by atoms with van der Waals surface area (Å²) in [5, 5.41) is 11.7. The molecule has 0 bridgehead atoms. The van der Waals surface area contributed by atoms with Crippen LogP contribution in [0.5, 0.6) is 5.75 Å². The molecule has 4 rings (SSSR count). The molecule has 36 heavy (non-hydrogen) atoms. The Bertz CT molecular complexity index is 1210. The van der Waals surface area contributed by atoms with E-state index in [1.165, 1.54) is 12.0 Å². The molecule has 7 nitrogen and oxygen atoms in total. The van der Waals surface area contributed by atoms with E-state index in [0.29, 0.717) is 24.2 Å². The second-order valence-corrected chi connectivity index (χ2v) is 15.5. The molecule has 1 saturated carbocycles. The maximum absolute atomic E-state index is 14.8. The summed E-state index contributed by atoms with van der Waals surface area (Å²) in [6.45, 7) is 5.75. The van der Waals surface area contributed by atoms with Crippen LogP contribution in [0.1, 0.15) is 30.0 Å². The number of benzene rings is 2. The molecule has 192 valence electrons. The van der Waals surface area contributed by atoms with Gasteiger partial charge in [0.25, 0.3) is 5.91 Å². The lowest BCUT2D eigenvalue weighted by atomic mass is 9.91. The number of anilines is 1. The van der Waals surface area contributed by atoms with Gasteiger partial charge in [0.05, 0.1) is 15.2 Å².